The zero-order valence-corrected chi connectivity index (χ0v) is 22.6. The van der Waals surface area contributed by atoms with Gasteiger partial charge in [-0.05, 0) is 82.2 Å². The molecule has 0 aliphatic heterocycles. The van der Waals surface area contributed by atoms with Gasteiger partial charge in [0.25, 0.3) is 0 Å². The molecular formula is C28H35ClO8. The normalized spacial score (nSPS) is 13.0. The Morgan fingerprint density at radius 2 is 1.65 bits per heavy atom. The van der Waals surface area contributed by atoms with Crippen molar-refractivity contribution in [1.82, 2.24) is 0 Å². The molecule has 2 aromatic rings. The largest absolute Gasteiger partial charge is 0.511 e. The number of hydrogen-bond acceptors (Lipinski definition) is 8. The lowest BCUT2D eigenvalue weighted by Gasteiger charge is -2.23. The maximum atomic E-state index is 12.5. The summed E-state index contributed by atoms with van der Waals surface area (Å²) in [6, 6.07) is 15.3. The molecule has 8 nitrogen and oxygen atoms in total. The summed E-state index contributed by atoms with van der Waals surface area (Å²) in [5.74, 6) is -1.82. The van der Waals surface area contributed by atoms with E-state index in [9.17, 15) is 19.5 Å². The van der Waals surface area contributed by atoms with Crippen molar-refractivity contribution >= 4 is 29.7 Å². The Labute approximate surface area is 222 Å². The highest BCUT2D eigenvalue weighted by atomic mass is 35.5. The molecule has 0 amide bonds. The van der Waals surface area contributed by atoms with E-state index in [0.717, 1.165) is 16.7 Å². The van der Waals surface area contributed by atoms with Gasteiger partial charge in [0, 0.05) is 11.4 Å². The highest BCUT2D eigenvalue weighted by Gasteiger charge is 2.27. The Kier molecular flexibility index (Phi) is 11.4. The molecule has 0 bridgehead atoms. The molecule has 0 saturated heterocycles. The molecule has 2 atom stereocenters. The predicted octanol–water partition coefficient (Wildman–Crippen LogP) is 5.71. The summed E-state index contributed by atoms with van der Waals surface area (Å²) in [6.45, 7) is 7.91. The lowest BCUT2D eigenvalue weighted by molar-refractivity contribution is -0.165. The van der Waals surface area contributed by atoms with E-state index in [1.54, 1.807) is 40.7 Å². The van der Waals surface area contributed by atoms with Crippen LogP contribution in [0.4, 0.5) is 4.79 Å². The van der Waals surface area contributed by atoms with E-state index >= 15 is 0 Å². The average molecular weight is 535 g/mol. The Bertz CT molecular complexity index is 1040. The molecule has 0 saturated carbocycles. The van der Waals surface area contributed by atoms with E-state index in [4.69, 9.17) is 25.8 Å². The first-order chi connectivity index (χ1) is 17.3. The molecule has 2 aromatic carbocycles. The summed E-state index contributed by atoms with van der Waals surface area (Å²) in [7, 11) is 0. The van der Waals surface area contributed by atoms with Crippen molar-refractivity contribution in [3.63, 3.8) is 0 Å². The Balaban J connectivity index is 2.04. The average Bonchev–Trinajstić information content (AvgIpc) is 2.77. The second-order valence-corrected chi connectivity index (χ2v) is 10.4. The molecule has 37 heavy (non-hydrogen) atoms. The number of aliphatic hydroxyl groups is 1. The molecule has 0 fully saturated rings. The zero-order valence-electron chi connectivity index (χ0n) is 21.9. The highest BCUT2D eigenvalue weighted by molar-refractivity contribution is 6.30. The summed E-state index contributed by atoms with van der Waals surface area (Å²) in [6.07, 6.45) is -2.54. The van der Waals surface area contributed by atoms with Crippen LogP contribution in [0.2, 0.25) is 5.02 Å². The van der Waals surface area contributed by atoms with Crippen LogP contribution in [0.1, 0.15) is 53.0 Å². The van der Waals surface area contributed by atoms with Crippen molar-refractivity contribution in [2.24, 2.45) is 5.92 Å². The maximum Gasteiger partial charge on any atom is 0.511 e. The van der Waals surface area contributed by atoms with Gasteiger partial charge in [-0.2, -0.15) is 0 Å². The molecule has 1 N–H and O–H groups in total. The van der Waals surface area contributed by atoms with Crippen LogP contribution >= 0.6 is 11.6 Å². The Morgan fingerprint density at radius 3 is 2.24 bits per heavy atom. The summed E-state index contributed by atoms with van der Waals surface area (Å²) in [5, 5.41) is 11.1. The van der Waals surface area contributed by atoms with Crippen LogP contribution in [-0.4, -0.2) is 47.8 Å². The smallest absolute Gasteiger partial charge is 0.460 e. The van der Waals surface area contributed by atoms with Gasteiger partial charge in [-0.25, -0.2) is 9.59 Å². The summed E-state index contributed by atoms with van der Waals surface area (Å²) >= 11 is 6.09. The van der Waals surface area contributed by atoms with Crippen LogP contribution in [0.25, 0.3) is 11.1 Å². The topological polar surface area (TPSA) is 108 Å². The third-order valence-electron chi connectivity index (χ3n) is 5.05. The number of carbonyl (C=O) groups excluding carboxylic acids is 3. The molecular weight excluding hydrogens is 500 g/mol. The first-order valence-electron chi connectivity index (χ1n) is 12.1. The summed E-state index contributed by atoms with van der Waals surface area (Å²) < 4.78 is 19.7. The van der Waals surface area contributed by atoms with Crippen LogP contribution in [0, 0.1) is 5.92 Å². The van der Waals surface area contributed by atoms with E-state index in [1.807, 2.05) is 42.5 Å². The van der Waals surface area contributed by atoms with E-state index in [0.29, 0.717) is 11.4 Å². The van der Waals surface area contributed by atoms with Gasteiger partial charge in [0.1, 0.15) is 5.60 Å². The van der Waals surface area contributed by atoms with E-state index in [1.165, 1.54) is 0 Å². The third kappa shape index (κ3) is 11.7. The molecule has 0 spiro atoms. The fourth-order valence-electron chi connectivity index (χ4n) is 3.56. The van der Waals surface area contributed by atoms with E-state index in [2.05, 4.69) is 4.74 Å². The van der Waals surface area contributed by atoms with Gasteiger partial charge in [0.2, 0.25) is 6.79 Å². The molecule has 0 aromatic heterocycles. The van der Waals surface area contributed by atoms with Crippen LogP contribution in [0.5, 0.6) is 0 Å². The lowest BCUT2D eigenvalue weighted by Crippen LogP contribution is -2.30. The lowest BCUT2D eigenvalue weighted by atomic mass is 9.90. The van der Waals surface area contributed by atoms with Crippen LogP contribution in [0.3, 0.4) is 0 Å². The predicted molar refractivity (Wildman–Crippen MR) is 139 cm³/mol. The van der Waals surface area contributed by atoms with Gasteiger partial charge in [0.15, 0.2) is 6.10 Å². The number of rotatable bonds is 11. The van der Waals surface area contributed by atoms with Crippen molar-refractivity contribution in [3.05, 3.63) is 59.1 Å². The minimum atomic E-state index is -1.53. The van der Waals surface area contributed by atoms with Gasteiger partial charge in [0.05, 0.1) is 6.10 Å². The van der Waals surface area contributed by atoms with Crippen molar-refractivity contribution in [1.29, 1.82) is 0 Å². The number of esters is 2. The van der Waals surface area contributed by atoms with Crippen molar-refractivity contribution in [2.45, 2.75) is 71.7 Å². The van der Waals surface area contributed by atoms with E-state index in [-0.39, 0.29) is 18.9 Å². The van der Waals surface area contributed by atoms with Gasteiger partial charge in [-0.15, -0.1) is 0 Å². The minimum Gasteiger partial charge on any atom is -0.460 e. The zero-order chi connectivity index (χ0) is 27.6. The standard InChI is InChI=1S/C28H35ClO8/c1-18(2)36-27(33)35-17-34-26(32)24(30)14-20(15-25(31)37-28(3,4)5)13-19-9-11-21(12-10-19)22-7-6-8-23(29)16-22/h6-12,16,18,20,24,30H,13-15,17H2,1-5H3/t20-,24-/m1/s1. The molecule has 202 valence electrons. The molecule has 0 aliphatic rings. The second-order valence-electron chi connectivity index (χ2n) is 9.96. The van der Waals surface area contributed by atoms with Crippen LogP contribution < -0.4 is 0 Å². The van der Waals surface area contributed by atoms with Gasteiger partial charge in [-0.1, -0.05) is 48.0 Å². The Morgan fingerprint density at radius 1 is 0.973 bits per heavy atom. The van der Waals surface area contributed by atoms with Crippen LogP contribution in [-0.2, 0) is 35.0 Å². The van der Waals surface area contributed by atoms with Crippen molar-refractivity contribution < 1.29 is 38.4 Å². The first-order valence-corrected chi connectivity index (χ1v) is 12.4. The molecule has 0 heterocycles. The molecule has 0 radical (unpaired) electrons. The quantitative estimate of drug-likeness (QED) is 0.222. The number of halogens is 1. The third-order valence-corrected chi connectivity index (χ3v) is 5.29. The SMILES string of the molecule is CC(C)OC(=O)OCOC(=O)[C@H](O)C[C@H](CC(=O)OC(C)(C)C)Cc1ccc(-c2cccc(Cl)c2)cc1. The fourth-order valence-corrected chi connectivity index (χ4v) is 3.75. The van der Waals surface area contributed by atoms with E-state index < -0.39 is 42.5 Å². The minimum absolute atomic E-state index is 0.00509. The van der Waals surface area contributed by atoms with Gasteiger partial charge in [-0.3, -0.25) is 4.79 Å². The molecule has 0 unspecified atom stereocenters. The van der Waals surface area contributed by atoms with Gasteiger partial charge < -0.3 is 24.1 Å². The number of hydrogen-bond donors (Lipinski definition) is 1. The highest BCUT2D eigenvalue weighted by Crippen LogP contribution is 2.26. The van der Waals surface area contributed by atoms with Crippen molar-refractivity contribution in [2.75, 3.05) is 6.79 Å². The summed E-state index contributed by atoms with van der Waals surface area (Å²) in [4.78, 5) is 36.2. The number of benzene rings is 2. The fraction of sp³-hybridized carbons (Fsp3) is 0.464. The van der Waals surface area contributed by atoms with Crippen LogP contribution in [0.15, 0.2) is 48.5 Å². The second kappa shape index (κ2) is 14.0. The monoisotopic (exact) mass is 534 g/mol. The molecule has 0 aliphatic carbocycles. The number of carbonyl (C=O) groups is 3. The maximum absolute atomic E-state index is 12.5. The van der Waals surface area contributed by atoms with Crippen molar-refractivity contribution in [3.8, 4) is 11.1 Å². The summed E-state index contributed by atoms with van der Waals surface area (Å²) in [5.41, 5.74) is 2.20. The molecule has 2 rings (SSSR count). The van der Waals surface area contributed by atoms with Gasteiger partial charge >= 0.3 is 18.1 Å². The molecule has 9 heteroatoms. The number of ether oxygens (including phenoxy) is 4. The first kappa shape index (κ1) is 30.1. The Hall–Kier alpha value is -3.10. The number of aliphatic hydroxyl groups excluding tert-OH is 1.